The highest BCUT2D eigenvalue weighted by Gasteiger charge is 2.31. The van der Waals surface area contributed by atoms with Crippen molar-refractivity contribution in [1.82, 2.24) is 9.78 Å². The Kier molecular flexibility index (Phi) is 4.48. The van der Waals surface area contributed by atoms with Gasteiger partial charge >= 0.3 is 0 Å². The Morgan fingerprint density at radius 2 is 1.93 bits per heavy atom. The van der Waals surface area contributed by atoms with E-state index < -0.39 is 0 Å². The molecule has 0 radical (unpaired) electrons. The average molecular weight is 384 g/mol. The highest BCUT2D eigenvalue weighted by molar-refractivity contribution is 6.31. The summed E-state index contributed by atoms with van der Waals surface area (Å²) >= 11 is 6.22. The molecule has 6 heteroatoms. The Morgan fingerprint density at radius 3 is 2.67 bits per heavy atom. The van der Waals surface area contributed by atoms with Gasteiger partial charge in [0.1, 0.15) is 5.82 Å². The molecule has 1 atom stereocenters. The third-order valence-corrected chi connectivity index (χ3v) is 5.34. The second-order valence-corrected chi connectivity index (χ2v) is 7.44. The standard InChI is InChI=1S/C21H19ClFN3O/c1-12-10-18-20(19(27)11-12)21(24-17-5-3-4-16(22)13(17)2)25-26(18)15-8-6-14(23)7-9-15/h3-9,12H,10-11H2,1-2H3,(H,24,25). The van der Waals surface area contributed by atoms with E-state index in [-0.39, 0.29) is 17.5 Å². The smallest absolute Gasteiger partial charge is 0.168 e. The van der Waals surface area contributed by atoms with Gasteiger partial charge < -0.3 is 5.32 Å². The van der Waals surface area contributed by atoms with Crippen LogP contribution in [0.25, 0.3) is 5.69 Å². The van der Waals surface area contributed by atoms with Crippen molar-refractivity contribution >= 4 is 28.9 Å². The first-order chi connectivity index (χ1) is 12.9. The van der Waals surface area contributed by atoms with Crippen molar-refractivity contribution < 1.29 is 9.18 Å². The van der Waals surface area contributed by atoms with E-state index in [1.807, 2.05) is 25.1 Å². The highest BCUT2D eigenvalue weighted by atomic mass is 35.5. The first-order valence-corrected chi connectivity index (χ1v) is 9.25. The average Bonchev–Trinajstić information content (AvgIpc) is 2.98. The van der Waals surface area contributed by atoms with Crippen molar-refractivity contribution in [3.63, 3.8) is 0 Å². The first-order valence-electron chi connectivity index (χ1n) is 8.87. The fraction of sp³-hybridized carbons (Fsp3) is 0.238. The SMILES string of the molecule is Cc1c(Cl)cccc1Nc1nn(-c2ccc(F)cc2)c2c1C(=O)CC(C)C2. The molecule has 0 fully saturated rings. The zero-order valence-corrected chi connectivity index (χ0v) is 15.8. The third kappa shape index (κ3) is 3.23. The number of carbonyl (C=O) groups is 1. The fourth-order valence-corrected chi connectivity index (χ4v) is 3.68. The molecule has 1 heterocycles. The molecule has 0 amide bonds. The lowest BCUT2D eigenvalue weighted by atomic mass is 9.87. The van der Waals surface area contributed by atoms with E-state index in [9.17, 15) is 9.18 Å². The fourth-order valence-electron chi connectivity index (χ4n) is 3.51. The van der Waals surface area contributed by atoms with Gasteiger partial charge in [-0.15, -0.1) is 5.10 Å². The van der Waals surface area contributed by atoms with Gasteiger partial charge in [0, 0.05) is 17.1 Å². The maximum Gasteiger partial charge on any atom is 0.168 e. The van der Waals surface area contributed by atoms with Gasteiger partial charge in [-0.25, -0.2) is 9.07 Å². The van der Waals surface area contributed by atoms with Gasteiger partial charge in [0.05, 0.1) is 16.9 Å². The van der Waals surface area contributed by atoms with Crippen LogP contribution in [0.1, 0.15) is 35.0 Å². The van der Waals surface area contributed by atoms with Gasteiger partial charge in [0.25, 0.3) is 0 Å². The number of rotatable bonds is 3. The van der Waals surface area contributed by atoms with Crippen molar-refractivity contribution in [2.75, 3.05) is 5.32 Å². The number of nitrogens with one attached hydrogen (secondary N) is 1. The summed E-state index contributed by atoms with van der Waals surface area (Å²) < 4.78 is 15.1. The van der Waals surface area contributed by atoms with E-state index >= 15 is 0 Å². The number of fused-ring (bicyclic) bond motifs is 1. The quantitative estimate of drug-likeness (QED) is 0.651. The van der Waals surface area contributed by atoms with Crippen LogP contribution in [0, 0.1) is 18.7 Å². The molecule has 3 aromatic rings. The van der Waals surface area contributed by atoms with Crippen LogP contribution >= 0.6 is 11.6 Å². The largest absolute Gasteiger partial charge is 0.338 e. The normalized spacial score (nSPS) is 16.3. The van der Waals surface area contributed by atoms with Crippen LogP contribution in [0.5, 0.6) is 0 Å². The molecule has 1 aliphatic rings. The van der Waals surface area contributed by atoms with Crippen molar-refractivity contribution in [3.05, 3.63) is 70.1 Å². The summed E-state index contributed by atoms with van der Waals surface area (Å²) in [5.41, 5.74) is 3.89. The van der Waals surface area contributed by atoms with Crippen LogP contribution in [0.2, 0.25) is 5.02 Å². The predicted molar refractivity (Wildman–Crippen MR) is 105 cm³/mol. The van der Waals surface area contributed by atoms with Gasteiger partial charge in [0.15, 0.2) is 11.6 Å². The number of ketones is 1. The number of Topliss-reactive ketones (excluding diaryl/α,β-unsaturated/α-hetero) is 1. The van der Waals surface area contributed by atoms with E-state index in [1.165, 1.54) is 12.1 Å². The van der Waals surface area contributed by atoms with Crippen molar-refractivity contribution in [1.29, 1.82) is 0 Å². The lowest BCUT2D eigenvalue weighted by Crippen LogP contribution is -2.19. The van der Waals surface area contributed by atoms with Crippen LogP contribution in [-0.4, -0.2) is 15.6 Å². The minimum Gasteiger partial charge on any atom is -0.338 e. The zero-order chi connectivity index (χ0) is 19.1. The number of aromatic nitrogens is 2. The third-order valence-electron chi connectivity index (χ3n) is 4.93. The predicted octanol–water partition coefficient (Wildman–Crippen LogP) is 5.48. The minimum atomic E-state index is -0.308. The van der Waals surface area contributed by atoms with Crippen molar-refractivity contribution in [2.24, 2.45) is 5.92 Å². The molecule has 1 unspecified atom stereocenters. The number of carbonyl (C=O) groups excluding carboxylic acids is 1. The second kappa shape index (κ2) is 6.82. The molecule has 1 N–H and O–H groups in total. The summed E-state index contributed by atoms with van der Waals surface area (Å²) in [6.07, 6.45) is 1.23. The topological polar surface area (TPSA) is 46.9 Å². The summed E-state index contributed by atoms with van der Waals surface area (Å²) in [7, 11) is 0. The summed E-state index contributed by atoms with van der Waals surface area (Å²) in [6.45, 7) is 3.97. The van der Waals surface area contributed by atoms with Crippen LogP contribution in [-0.2, 0) is 6.42 Å². The molecule has 2 aromatic carbocycles. The van der Waals surface area contributed by atoms with Gasteiger partial charge in [-0.2, -0.15) is 0 Å². The molecule has 27 heavy (non-hydrogen) atoms. The van der Waals surface area contributed by atoms with Crippen molar-refractivity contribution in [3.8, 4) is 5.69 Å². The summed E-state index contributed by atoms with van der Waals surface area (Å²) in [5, 5.41) is 8.58. The van der Waals surface area contributed by atoms with Gasteiger partial charge in [-0.3, -0.25) is 4.79 Å². The number of benzene rings is 2. The van der Waals surface area contributed by atoms with Crippen molar-refractivity contribution in [2.45, 2.75) is 26.7 Å². The first kappa shape index (κ1) is 17.7. The molecule has 0 bridgehead atoms. The number of halogens is 2. The maximum atomic E-state index is 13.3. The molecule has 0 saturated heterocycles. The lowest BCUT2D eigenvalue weighted by Gasteiger charge is -2.19. The van der Waals surface area contributed by atoms with E-state index in [4.69, 9.17) is 11.6 Å². The van der Waals surface area contributed by atoms with E-state index in [0.717, 1.165) is 29.1 Å². The number of hydrogen-bond acceptors (Lipinski definition) is 3. The summed E-state index contributed by atoms with van der Waals surface area (Å²) in [5.74, 6) is 0.509. The summed E-state index contributed by atoms with van der Waals surface area (Å²) in [6, 6.07) is 11.7. The minimum absolute atomic E-state index is 0.0688. The Morgan fingerprint density at radius 1 is 1.19 bits per heavy atom. The molecule has 0 spiro atoms. The Balaban J connectivity index is 1.85. The zero-order valence-electron chi connectivity index (χ0n) is 15.1. The maximum absolute atomic E-state index is 13.3. The number of anilines is 2. The van der Waals surface area contributed by atoms with E-state index in [2.05, 4.69) is 17.3 Å². The van der Waals surface area contributed by atoms with Crippen LogP contribution in [0.15, 0.2) is 42.5 Å². The molecular formula is C21H19ClFN3O. The molecule has 4 rings (SSSR count). The molecule has 0 saturated carbocycles. The number of hydrogen-bond donors (Lipinski definition) is 1. The van der Waals surface area contributed by atoms with Gasteiger partial charge in [-0.1, -0.05) is 24.6 Å². The van der Waals surface area contributed by atoms with Crippen LogP contribution < -0.4 is 5.32 Å². The molecule has 4 nitrogen and oxygen atoms in total. The monoisotopic (exact) mass is 383 g/mol. The van der Waals surface area contributed by atoms with E-state index in [1.54, 1.807) is 16.8 Å². The van der Waals surface area contributed by atoms with Gasteiger partial charge in [0.2, 0.25) is 0 Å². The molecule has 1 aromatic heterocycles. The van der Waals surface area contributed by atoms with Crippen LogP contribution in [0.4, 0.5) is 15.9 Å². The second-order valence-electron chi connectivity index (χ2n) is 7.03. The Hall–Kier alpha value is -2.66. The van der Waals surface area contributed by atoms with E-state index in [0.29, 0.717) is 22.8 Å². The number of nitrogens with zero attached hydrogens (tertiary/aromatic N) is 2. The molecule has 1 aliphatic carbocycles. The molecule has 138 valence electrons. The Bertz CT molecular complexity index is 1030. The molecular weight excluding hydrogens is 365 g/mol. The highest BCUT2D eigenvalue weighted by Crippen LogP contribution is 2.35. The van der Waals surface area contributed by atoms with Gasteiger partial charge in [-0.05, 0) is 61.2 Å². The van der Waals surface area contributed by atoms with Crippen LogP contribution in [0.3, 0.4) is 0 Å². The summed E-state index contributed by atoms with van der Waals surface area (Å²) in [4.78, 5) is 12.8. The lowest BCUT2D eigenvalue weighted by molar-refractivity contribution is 0.0953. The molecule has 0 aliphatic heterocycles. The Labute approximate surface area is 162 Å².